The van der Waals surface area contributed by atoms with Gasteiger partial charge in [-0.1, -0.05) is 6.07 Å². The third kappa shape index (κ3) is 9.28. The highest BCUT2D eigenvalue weighted by Gasteiger charge is 2.18. The van der Waals surface area contributed by atoms with Crippen LogP contribution in [0.1, 0.15) is 18.4 Å². The molecule has 0 heterocycles. The summed E-state index contributed by atoms with van der Waals surface area (Å²) in [7, 11) is 11.0. The van der Waals surface area contributed by atoms with Gasteiger partial charge >= 0.3 is 0 Å². The molecule has 0 saturated heterocycles. The molecule has 0 aliphatic rings. The summed E-state index contributed by atoms with van der Waals surface area (Å²) in [6, 6.07) is 5.25. The fraction of sp³-hybridized carbons (Fsp3) is 0.545. The summed E-state index contributed by atoms with van der Waals surface area (Å²) in [4.78, 5) is 29.6. The van der Waals surface area contributed by atoms with Gasteiger partial charge < -0.3 is 29.9 Å². The van der Waals surface area contributed by atoms with Crippen LogP contribution in [0.3, 0.4) is 0 Å². The first-order valence-electron chi connectivity index (χ1n) is 10.1. The topological polar surface area (TPSA) is 83.1 Å². The molecule has 1 aromatic rings. The zero-order chi connectivity index (χ0) is 22.5. The Kier molecular flexibility index (Phi) is 11.5. The maximum absolute atomic E-state index is 12.7. The van der Waals surface area contributed by atoms with Crippen molar-refractivity contribution in [3.05, 3.63) is 29.3 Å². The molecule has 0 spiro atoms. The lowest BCUT2D eigenvalue weighted by Crippen LogP contribution is -2.36. The number of benzene rings is 1. The molecule has 8 heteroatoms. The molecule has 0 aliphatic heterocycles. The van der Waals surface area contributed by atoms with E-state index in [1.807, 2.05) is 38.0 Å². The normalized spacial score (nSPS) is 10.7. The molecular formula is C22H36N4O4. The summed E-state index contributed by atoms with van der Waals surface area (Å²) < 4.78 is 10.6. The van der Waals surface area contributed by atoms with Crippen molar-refractivity contribution < 1.29 is 19.1 Å². The minimum atomic E-state index is -0.395. The van der Waals surface area contributed by atoms with Crippen LogP contribution in [0.25, 0.3) is 6.08 Å². The Morgan fingerprint density at radius 1 is 0.867 bits per heavy atom. The van der Waals surface area contributed by atoms with Crippen molar-refractivity contribution in [2.24, 2.45) is 0 Å². The second-order valence-corrected chi connectivity index (χ2v) is 7.50. The van der Waals surface area contributed by atoms with Gasteiger partial charge in [0, 0.05) is 13.1 Å². The van der Waals surface area contributed by atoms with Crippen molar-refractivity contribution >= 4 is 17.9 Å². The van der Waals surface area contributed by atoms with E-state index in [0.717, 1.165) is 25.9 Å². The quantitative estimate of drug-likeness (QED) is 0.216. The van der Waals surface area contributed by atoms with Crippen LogP contribution in [0.15, 0.2) is 23.8 Å². The van der Waals surface area contributed by atoms with Crippen LogP contribution < -0.4 is 20.1 Å². The molecule has 30 heavy (non-hydrogen) atoms. The maximum atomic E-state index is 12.7. The SMILES string of the molecule is COc1ccc(C=C(C(=O)NCCCN(C)C)C(=O)NCCCN(C)C)cc1OC. The van der Waals surface area contributed by atoms with Crippen molar-refractivity contribution in [3.63, 3.8) is 0 Å². The highest BCUT2D eigenvalue weighted by Crippen LogP contribution is 2.28. The number of rotatable bonds is 13. The summed E-state index contributed by atoms with van der Waals surface area (Å²) in [5, 5.41) is 5.68. The van der Waals surface area contributed by atoms with Gasteiger partial charge in [-0.25, -0.2) is 0 Å². The zero-order valence-electron chi connectivity index (χ0n) is 19.1. The average Bonchev–Trinajstić information content (AvgIpc) is 2.71. The van der Waals surface area contributed by atoms with E-state index in [9.17, 15) is 9.59 Å². The molecule has 1 aromatic carbocycles. The van der Waals surface area contributed by atoms with E-state index < -0.39 is 11.8 Å². The van der Waals surface area contributed by atoms with Gasteiger partial charge in [-0.05, 0) is 77.9 Å². The Bertz CT molecular complexity index is 687. The number of methoxy groups -OCH3 is 2. The fourth-order valence-corrected chi connectivity index (χ4v) is 2.73. The lowest BCUT2D eigenvalue weighted by Gasteiger charge is -2.13. The Morgan fingerprint density at radius 3 is 1.80 bits per heavy atom. The fourth-order valence-electron chi connectivity index (χ4n) is 2.73. The molecule has 0 radical (unpaired) electrons. The standard InChI is InChI=1S/C22H36N4O4/c1-25(2)13-7-11-23-21(27)18(22(28)24-12-8-14-26(3)4)15-17-9-10-19(29-5)20(16-17)30-6/h9-10,15-16H,7-8,11-14H2,1-6H3,(H,23,27)(H,24,28). The number of carbonyl (C=O) groups is 2. The third-order valence-electron chi connectivity index (χ3n) is 4.34. The highest BCUT2D eigenvalue weighted by atomic mass is 16.5. The molecule has 0 aliphatic carbocycles. The molecule has 2 amide bonds. The Labute approximate surface area is 180 Å². The molecular weight excluding hydrogens is 384 g/mol. The summed E-state index contributed by atoms with van der Waals surface area (Å²) in [6.07, 6.45) is 3.17. The maximum Gasteiger partial charge on any atom is 0.256 e. The smallest absolute Gasteiger partial charge is 0.256 e. The Hall–Kier alpha value is -2.58. The van der Waals surface area contributed by atoms with Crippen molar-refractivity contribution in [2.75, 3.05) is 68.6 Å². The molecule has 0 saturated carbocycles. The van der Waals surface area contributed by atoms with Gasteiger partial charge in [0.15, 0.2) is 11.5 Å². The van der Waals surface area contributed by atoms with E-state index in [-0.39, 0.29) is 5.57 Å². The first-order chi connectivity index (χ1) is 14.3. The van der Waals surface area contributed by atoms with Crippen LogP contribution >= 0.6 is 0 Å². The summed E-state index contributed by atoms with van der Waals surface area (Å²) in [5.74, 6) is 0.322. The summed E-state index contributed by atoms with van der Waals surface area (Å²) in [6.45, 7) is 2.69. The number of nitrogens with one attached hydrogen (secondary N) is 2. The third-order valence-corrected chi connectivity index (χ3v) is 4.34. The van der Waals surface area contributed by atoms with Crippen molar-refractivity contribution in [1.29, 1.82) is 0 Å². The lowest BCUT2D eigenvalue weighted by molar-refractivity contribution is -0.123. The van der Waals surface area contributed by atoms with E-state index in [0.29, 0.717) is 30.2 Å². The number of nitrogens with zero attached hydrogens (tertiary/aromatic N) is 2. The van der Waals surface area contributed by atoms with Gasteiger partial charge in [0.25, 0.3) is 11.8 Å². The molecule has 2 N–H and O–H groups in total. The Balaban J connectivity index is 2.96. The predicted octanol–water partition coefficient (Wildman–Crippen LogP) is 1.22. The number of hydrogen-bond donors (Lipinski definition) is 2. The summed E-state index contributed by atoms with van der Waals surface area (Å²) in [5.41, 5.74) is 0.742. The number of hydrogen-bond acceptors (Lipinski definition) is 6. The number of ether oxygens (including phenoxy) is 2. The van der Waals surface area contributed by atoms with Gasteiger partial charge in [-0.3, -0.25) is 9.59 Å². The monoisotopic (exact) mass is 420 g/mol. The average molecular weight is 421 g/mol. The second kappa shape index (κ2) is 13.6. The minimum absolute atomic E-state index is 0.0666. The van der Waals surface area contributed by atoms with Crippen molar-refractivity contribution in [2.45, 2.75) is 12.8 Å². The van der Waals surface area contributed by atoms with Crippen molar-refractivity contribution in [3.8, 4) is 11.5 Å². The van der Waals surface area contributed by atoms with E-state index in [2.05, 4.69) is 10.6 Å². The molecule has 8 nitrogen and oxygen atoms in total. The zero-order valence-corrected chi connectivity index (χ0v) is 19.1. The van der Waals surface area contributed by atoms with E-state index in [4.69, 9.17) is 9.47 Å². The second-order valence-electron chi connectivity index (χ2n) is 7.50. The van der Waals surface area contributed by atoms with Crippen LogP contribution in [-0.2, 0) is 9.59 Å². The minimum Gasteiger partial charge on any atom is -0.493 e. The molecule has 0 aromatic heterocycles. The lowest BCUT2D eigenvalue weighted by atomic mass is 10.1. The van der Waals surface area contributed by atoms with Crippen LogP contribution in [0.4, 0.5) is 0 Å². The molecule has 1 rings (SSSR count). The predicted molar refractivity (Wildman–Crippen MR) is 120 cm³/mol. The van der Waals surface area contributed by atoms with Gasteiger partial charge in [0.2, 0.25) is 0 Å². The van der Waals surface area contributed by atoms with Gasteiger partial charge in [-0.2, -0.15) is 0 Å². The first-order valence-corrected chi connectivity index (χ1v) is 10.1. The molecule has 168 valence electrons. The van der Waals surface area contributed by atoms with Gasteiger partial charge in [0.1, 0.15) is 5.57 Å². The van der Waals surface area contributed by atoms with Crippen LogP contribution in [-0.4, -0.2) is 90.2 Å². The largest absolute Gasteiger partial charge is 0.493 e. The molecule has 0 unspecified atom stereocenters. The Morgan fingerprint density at radius 2 is 1.37 bits per heavy atom. The van der Waals surface area contributed by atoms with Crippen LogP contribution in [0.2, 0.25) is 0 Å². The number of amides is 2. The van der Waals surface area contributed by atoms with Crippen LogP contribution in [0.5, 0.6) is 11.5 Å². The van der Waals surface area contributed by atoms with Crippen molar-refractivity contribution in [1.82, 2.24) is 20.4 Å². The summed E-state index contributed by atoms with van der Waals surface area (Å²) >= 11 is 0. The van der Waals surface area contributed by atoms with Crippen LogP contribution in [0, 0.1) is 0 Å². The molecule has 0 atom stereocenters. The van der Waals surface area contributed by atoms with Gasteiger partial charge in [0.05, 0.1) is 14.2 Å². The van der Waals surface area contributed by atoms with Gasteiger partial charge in [-0.15, -0.1) is 0 Å². The van der Waals surface area contributed by atoms with E-state index in [1.165, 1.54) is 0 Å². The molecule has 0 bridgehead atoms. The number of carbonyl (C=O) groups excluding carboxylic acids is 2. The molecule has 0 fully saturated rings. The van der Waals surface area contributed by atoms with E-state index >= 15 is 0 Å². The highest BCUT2D eigenvalue weighted by molar-refractivity contribution is 6.21. The van der Waals surface area contributed by atoms with E-state index in [1.54, 1.807) is 38.5 Å². The first kappa shape index (κ1) is 25.5.